The second-order valence-corrected chi connectivity index (χ2v) is 5.50. The van der Waals surface area contributed by atoms with Crippen molar-refractivity contribution in [2.45, 2.75) is 60.8 Å². The van der Waals surface area contributed by atoms with Gasteiger partial charge in [-0.2, -0.15) is 0 Å². The summed E-state index contributed by atoms with van der Waals surface area (Å²) in [6.07, 6.45) is 8.83. The Balaban J connectivity index is 4.41. The molecule has 0 saturated carbocycles. The van der Waals surface area contributed by atoms with Crippen LogP contribution >= 0.6 is 0 Å². The lowest BCUT2D eigenvalue weighted by molar-refractivity contribution is 0.318. The van der Waals surface area contributed by atoms with E-state index in [0.29, 0.717) is 5.92 Å². The first-order valence-electron chi connectivity index (χ1n) is 6.69. The molecule has 0 saturated heterocycles. The minimum Gasteiger partial charge on any atom is -0.0857 e. The molecular formula is C15H30. The molecule has 0 amide bonds. The predicted octanol–water partition coefficient (Wildman–Crippen LogP) is 5.30. The van der Waals surface area contributed by atoms with E-state index in [1.54, 1.807) is 0 Å². The molecule has 0 aliphatic rings. The van der Waals surface area contributed by atoms with Crippen molar-refractivity contribution in [1.29, 1.82) is 0 Å². The van der Waals surface area contributed by atoms with E-state index in [1.165, 1.54) is 19.3 Å². The first-order valence-corrected chi connectivity index (χ1v) is 6.69. The van der Waals surface area contributed by atoms with Crippen molar-refractivity contribution in [3.63, 3.8) is 0 Å². The third-order valence-electron chi connectivity index (χ3n) is 3.14. The summed E-state index contributed by atoms with van der Waals surface area (Å²) in [6, 6.07) is 0. The van der Waals surface area contributed by atoms with Gasteiger partial charge in [-0.3, -0.25) is 0 Å². The summed E-state index contributed by atoms with van der Waals surface area (Å²) >= 11 is 0. The first kappa shape index (κ1) is 14.7. The molecule has 15 heavy (non-hydrogen) atoms. The zero-order valence-corrected chi connectivity index (χ0v) is 11.6. The van der Waals surface area contributed by atoms with E-state index in [2.05, 4.69) is 53.7 Å². The van der Waals surface area contributed by atoms with Crippen molar-refractivity contribution in [2.75, 3.05) is 0 Å². The van der Waals surface area contributed by atoms with Crippen LogP contribution in [0.25, 0.3) is 0 Å². The summed E-state index contributed by atoms with van der Waals surface area (Å²) in [5.74, 6) is 3.17. The Bertz CT molecular complexity index is 161. The van der Waals surface area contributed by atoms with Gasteiger partial charge in [0.15, 0.2) is 0 Å². The van der Waals surface area contributed by atoms with Crippen LogP contribution in [-0.2, 0) is 0 Å². The van der Waals surface area contributed by atoms with Crippen LogP contribution in [0.1, 0.15) is 60.8 Å². The Morgan fingerprint density at radius 3 is 1.73 bits per heavy atom. The van der Waals surface area contributed by atoms with Gasteiger partial charge in [-0.05, 0) is 30.1 Å². The van der Waals surface area contributed by atoms with Gasteiger partial charge in [0.2, 0.25) is 0 Å². The van der Waals surface area contributed by atoms with E-state index in [-0.39, 0.29) is 0 Å². The van der Waals surface area contributed by atoms with E-state index < -0.39 is 0 Å². The maximum atomic E-state index is 2.47. The molecule has 0 nitrogen and oxygen atoms in total. The van der Waals surface area contributed by atoms with Gasteiger partial charge in [-0.15, -0.1) is 0 Å². The lowest BCUT2D eigenvalue weighted by Crippen LogP contribution is -2.13. The van der Waals surface area contributed by atoms with Gasteiger partial charge >= 0.3 is 0 Å². The third-order valence-corrected chi connectivity index (χ3v) is 3.14. The Labute approximate surface area is 97.2 Å². The quantitative estimate of drug-likeness (QED) is 0.500. The monoisotopic (exact) mass is 210 g/mol. The fourth-order valence-electron chi connectivity index (χ4n) is 2.23. The van der Waals surface area contributed by atoms with Crippen LogP contribution in [0.2, 0.25) is 0 Å². The summed E-state index contributed by atoms with van der Waals surface area (Å²) in [5, 5.41) is 0. The SMILES string of the molecule is CCC(CC)C(/C=C\C(C)C)CC(C)C. The zero-order valence-electron chi connectivity index (χ0n) is 11.6. The van der Waals surface area contributed by atoms with Crippen LogP contribution in [0.3, 0.4) is 0 Å². The molecule has 90 valence electrons. The van der Waals surface area contributed by atoms with E-state index in [0.717, 1.165) is 17.8 Å². The Hall–Kier alpha value is -0.260. The first-order chi connectivity index (χ1) is 7.01. The van der Waals surface area contributed by atoms with Crippen LogP contribution in [0.5, 0.6) is 0 Å². The standard InChI is InChI=1S/C15H30/c1-7-14(8-2)15(11-13(5)6)10-9-12(3)4/h9-10,12-15H,7-8,11H2,1-6H3/b10-9-. The van der Waals surface area contributed by atoms with Gasteiger partial charge in [0.1, 0.15) is 0 Å². The molecule has 0 heteroatoms. The number of hydrogen-bond donors (Lipinski definition) is 0. The van der Waals surface area contributed by atoms with E-state index in [1.807, 2.05) is 0 Å². The normalized spacial score (nSPS) is 14.7. The summed E-state index contributed by atoms with van der Waals surface area (Å²) < 4.78 is 0. The van der Waals surface area contributed by atoms with E-state index in [9.17, 15) is 0 Å². The number of rotatable bonds is 7. The Kier molecular flexibility index (Phi) is 7.82. The molecule has 0 bridgehead atoms. The molecule has 0 rings (SSSR count). The smallest absolute Gasteiger partial charge is 0.0203 e. The van der Waals surface area contributed by atoms with Gasteiger partial charge in [0.25, 0.3) is 0 Å². The average Bonchev–Trinajstić information content (AvgIpc) is 2.14. The second-order valence-electron chi connectivity index (χ2n) is 5.50. The molecule has 0 aromatic carbocycles. The van der Waals surface area contributed by atoms with Gasteiger partial charge in [0.05, 0.1) is 0 Å². The lowest BCUT2D eigenvalue weighted by Gasteiger charge is -2.24. The molecule has 0 aromatic heterocycles. The molecule has 0 aliphatic carbocycles. The zero-order chi connectivity index (χ0) is 11.8. The molecule has 0 heterocycles. The summed E-state index contributed by atoms with van der Waals surface area (Å²) in [5.41, 5.74) is 0. The van der Waals surface area contributed by atoms with Crippen LogP contribution in [0.15, 0.2) is 12.2 Å². The van der Waals surface area contributed by atoms with Crippen LogP contribution < -0.4 is 0 Å². The van der Waals surface area contributed by atoms with Gasteiger partial charge in [0, 0.05) is 0 Å². The van der Waals surface area contributed by atoms with Gasteiger partial charge in [-0.1, -0.05) is 66.5 Å². The summed E-state index contributed by atoms with van der Waals surface area (Å²) in [7, 11) is 0. The molecule has 0 fully saturated rings. The van der Waals surface area contributed by atoms with Gasteiger partial charge in [-0.25, -0.2) is 0 Å². The number of hydrogen-bond acceptors (Lipinski definition) is 0. The molecule has 0 spiro atoms. The summed E-state index contributed by atoms with van der Waals surface area (Å²) in [4.78, 5) is 0. The van der Waals surface area contributed by atoms with Crippen LogP contribution in [-0.4, -0.2) is 0 Å². The maximum Gasteiger partial charge on any atom is -0.0203 e. The number of allylic oxidation sites excluding steroid dienone is 2. The average molecular weight is 210 g/mol. The summed E-state index contributed by atoms with van der Waals surface area (Å²) in [6.45, 7) is 13.8. The van der Waals surface area contributed by atoms with Crippen molar-refractivity contribution in [1.82, 2.24) is 0 Å². The van der Waals surface area contributed by atoms with E-state index in [4.69, 9.17) is 0 Å². The molecule has 1 unspecified atom stereocenters. The van der Waals surface area contributed by atoms with Crippen LogP contribution in [0, 0.1) is 23.7 Å². The Morgan fingerprint density at radius 2 is 1.40 bits per heavy atom. The van der Waals surface area contributed by atoms with Crippen molar-refractivity contribution < 1.29 is 0 Å². The highest BCUT2D eigenvalue weighted by atomic mass is 14.2. The minimum absolute atomic E-state index is 0.689. The Morgan fingerprint density at radius 1 is 0.867 bits per heavy atom. The minimum atomic E-state index is 0.689. The molecule has 0 radical (unpaired) electrons. The van der Waals surface area contributed by atoms with Crippen LogP contribution in [0.4, 0.5) is 0 Å². The highest BCUT2D eigenvalue weighted by Gasteiger charge is 2.16. The molecule has 0 aliphatic heterocycles. The lowest BCUT2D eigenvalue weighted by atomic mass is 9.81. The second kappa shape index (κ2) is 7.96. The predicted molar refractivity (Wildman–Crippen MR) is 71.0 cm³/mol. The third kappa shape index (κ3) is 6.76. The highest BCUT2D eigenvalue weighted by molar-refractivity contribution is 4.93. The van der Waals surface area contributed by atoms with Gasteiger partial charge < -0.3 is 0 Å². The molecule has 0 N–H and O–H groups in total. The highest BCUT2D eigenvalue weighted by Crippen LogP contribution is 2.27. The van der Waals surface area contributed by atoms with Crippen molar-refractivity contribution in [2.24, 2.45) is 23.7 Å². The molecule has 0 aromatic rings. The van der Waals surface area contributed by atoms with Crippen molar-refractivity contribution in [3.05, 3.63) is 12.2 Å². The molecule has 1 atom stereocenters. The van der Waals surface area contributed by atoms with Crippen molar-refractivity contribution >= 4 is 0 Å². The topological polar surface area (TPSA) is 0 Å². The fraction of sp³-hybridized carbons (Fsp3) is 0.867. The largest absolute Gasteiger partial charge is 0.0857 e. The van der Waals surface area contributed by atoms with Crippen molar-refractivity contribution in [3.8, 4) is 0 Å². The fourth-order valence-corrected chi connectivity index (χ4v) is 2.23. The van der Waals surface area contributed by atoms with E-state index >= 15 is 0 Å². The maximum absolute atomic E-state index is 2.47. The molecular weight excluding hydrogens is 180 g/mol.